The molecule has 0 saturated carbocycles. The highest BCUT2D eigenvalue weighted by Crippen LogP contribution is 2.24. The van der Waals surface area contributed by atoms with Gasteiger partial charge in [-0.05, 0) is 25.2 Å². The first-order chi connectivity index (χ1) is 8.61. The molecule has 2 heterocycles. The Labute approximate surface area is 113 Å². The molecule has 0 radical (unpaired) electrons. The van der Waals surface area contributed by atoms with Gasteiger partial charge in [0, 0.05) is 32.7 Å². The molecule has 2 N–H and O–H groups in total. The minimum atomic E-state index is 0.134. The summed E-state index contributed by atoms with van der Waals surface area (Å²) in [6.45, 7) is 3.80. The number of hydrogen-bond acceptors (Lipinski definition) is 3. The van der Waals surface area contributed by atoms with Gasteiger partial charge in [0.1, 0.15) is 0 Å². The summed E-state index contributed by atoms with van der Waals surface area (Å²) in [5.41, 5.74) is 8.24. The van der Waals surface area contributed by atoms with Crippen LogP contribution in [0.5, 0.6) is 0 Å². The van der Waals surface area contributed by atoms with E-state index in [1.165, 1.54) is 0 Å². The molecule has 4 nitrogen and oxygen atoms in total. The Morgan fingerprint density at radius 1 is 1.61 bits per heavy atom. The first-order valence-corrected chi connectivity index (χ1v) is 7.03. The molecule has 0 amide bonds. The Morgan fingerprint density at radius 2 is 2.39 bits per heavy atom. The zero-order valence-electron chi connectivity index (χ0n) is 11.2. The molecular weight excluding hydrogens is 250 g/mol. The topological polar surface area (TPSA) is 53.1 Å². The fourth-order valence-corrected chi connectivity index (χ4v) is 2.94. The van der Waals surface area contributed by atoms with Crippen LogP contribution in [-0.2, 0) is 24.6 Å². The highest BCUT2D eigenvalue weighted by atomic mass is 35.5. The maximum atomic E-state index is 6.33. The van der Waals surface area contributed by atoms with Crippen LogP contribution in [0.1, 0.15) is 31.2 Å². The van der Waals surface area contributed by atoms with Gasteiger partial charge in [-0.25, -0.2) is 0 Å². The van der Waals surface area contributed by atoms with Crippen molar-refractivity contribution < 1.29 is 4.74 Å². The van der Waals surface area contributed by atoms with E-state index in [2.05, 4.69) is 12.0 Å². The summed E-state index contributed by atoms with van der Waals surface area (Å²) in [5, 5.41) is 5.21. The highest BCUT2D eigenvalue weighted by molar-refractivity contribution is 6.31. The number of ether oxygens (including phenoxy) is 1. The second-order valence-corrected chi connectivity index (χ2v) is 5.49. The number of rotatable bonds is 5. The number of aromatic nitrogens is 2. The quantitative estimate of drug-likeness (QED) is 0.890. The number of hydrogen-bond donors (Lipinski definition) is 1. The summed E-state index contributed by atoms with van der Waals surface area (Å²) in [5.74, 6) is 0.609. The molecule has 1 aromatic heterocycles. The Hall–Kier alpha value is -0.580. The van der Waals surface area contributed by atoms with Crippen LogP contribution in [0.3, 0.4) is 0 Å². The lowest BCUT2D eigenvalue weighted by atomic mass is 9.97. The van der Waals surface area contributed by atoms with E-state index in [-0.39, 0.29) is 6.04 Å². The third-order valence-corrected chi connectivity index (χ3v) is 4.05. The lowest BCUT2D eigenvalue weighted by Crippen LogP contribution is -2.27. The van der Waals surface area contributed by atoms with Crippen LogP contribution in [0.25, 0.3) is 0 Å². The lowest BCUT2D eigenvalue weighted by Gasteiger charge is -2.15. The lowest BCUT2D eigenvalue weighted by molar-refractivity contribution is 0.182. The van der Waals surface area contributed by atoms with E-state index >= 15 is 0 Å². The molecule has 102 valence electrons. The first kappa shape index (κ1) is 13.8. The summed E-state index contributed by atoms with van der Waals surface area (Å²) < 4.78 is 7.25. The fraction of sp³-hybridized carbons (Fsp3) is 0.769. The average molecular weight is 272 g/mol. The van der Waals surface area contributed by atoms with Gasteiger partial charge in [-0.15, -0.1) is 0 Å². The molecule has 0 aliphatic carbocycles. The summed E-state index contributed by atoms with van der Waals surface area (Å²) in [7, 11) is 1.94. The van der Waals surface area contributed by atoms with Crippen molar-refractivity contribution in [1.82, 2.24) is 9.78 Å². The predicted octanol–water partition coefficient (Wildman–Crippen LogP) is 1.93. The molecule has 1 aromatic rings. The van der Waals surface area contributed by atoms with Crippen LogP contribution < -0.4 is 5.73 Å². The van der Waals surface area contributed by atoms with Crippen molar-refractivity contribution in [2.45, 2.75) is 38.6 Å². The number of nitrogens with zero attached hydrogens (tertiary/aromatic N) is 2. The second-order valence-electron chi connectivity index (χ2n) is 5.11. The molecule has 2 rings (SSSR count). The molecule has 18 heavy (non-hydrogen) atoms. The van der Waals surface area contributed by atoms with Crippen molar-refractivity contribution in [3.8, 4) is 0 Å². The van der Waals surface area contributed by atoms with Crippen LogP contribution in [0.4, 0.5) is 0 Å². The maximum Gasteiger partial charge on any atom is 0.0850 e. The predicted molar refractivity (Wildman–Crippen MR) is 72.8 cm³/mol. The Balaban J connectivity index is 1.97. The van der Waals surface area contributed by atoms with E-state index in [1.54, 1.807) is 0 Å². The SMILES string of the molecule is CCc1nn(C)c(CC(N)CC2CCOC2)c1Cl. The Kier molecular flexibility index (Phi) is 4.65. The summed E-state index contributed by atoms with van der Waals surface area (Å²) in [6, 6.07) is 0.134. The second kappa shape index (κ2) is 6.04. The molecule has 1 fully saturated rings. The van der Waals surface area contributed by atoms with Crippen molar-refractivity contribution >= 4 is 11.6 Å². The Morgan fingerprint density at radius 3 is 2.94 bits per heavy atom. The van der Waals surface area contributed by atoms with Gasteiger partial charge in [0.05, 0.1) is 16.4 Å². The summed E-state index contributed by atoms with van der Waals surface area (Å²) >= 11 is 6.33. The van der Waals surface area contributed by atoms with Crippen molar-refractivity contribution in [3.63, 3.8) is 0 Å². The van der Waals surface area contributed by atoms with Gasteiger partial charge in [0.2, 0.25) is 0 Å². The minimum absolute atomic E-state index is 0.134. The third kappa shape index (κ3) is 3.05. The number of nitrogens with two attached hydrogens (primary N) is 1. The van der Waals surface area contributed by atoms with E-state index < -0.39 is 0 Å². The Bertz CT molecular complexity index is 399. The van der Waals surface area contributed by atoms with Crippen LogP contribution in [-0.4, -0.2) is 29.0 Å². The molecule has 2 unspecified atom stereocenters. The van der Waals surface area contributed by atoms with Gasteiger partial charge >= 0.3 is 0 Å². The van der Waals surface area contributed by atoms with E-state index in [9.17, 15) is 0 Å². The van der Waals surface area contributed by atoms with E-state index in [1.807, 2.05) is 11.7 Å². The normalized spacial score (nSPS) is 21.4. The highest BCUT2D eigenvalue weighted by Gasteiger charge is 2.21. The van der Waals surface area contributed by atoms with Gasteiger partial charge < -0.3 is 10.5 Å². The largest absolute Gasteiger partial charge is 0.381 e. The molecule has 2 atom stereocenters. The third-order valence-electron chi connectivity index (χ3n) is 3.62. The minimum Gasteiger partial charge on any atom is -0.381 e. The van der Waals surface area contributed by atoms with Crippen LogP contribution in [0, 0.1) is 5.92 Å². The molecule has 1 aliphatic rings. The average Bonchev–Trinajstić information content (AvgIpc) is 2.92. The molecule has 0 bridgehead atoms. The molecule has 5 heteroatoms. The van der Waals surface area contributed by atoms with Crippen molar-refractivity contribution in [2.75, 3.05) is 13.2 Å². The maximum absolute atomic E-state index is 6.33. The van der Waals surface area contributed by atoms with Crippen LogP contribution >= 0.6 is 11.6 Å². The van der Waals surface area contributed by atoms with Crippen molar-refractivity contribution in [2.24, 2.45) is 18.7 Å². The van der Waals surface area contributed by atoms with Crippen LogP contribution in [0.2, 0.25) is 5.02 Å². The van der Waals surface area contributed by atoms with Gasteiger partial charge in [-0.3, -0.25) is 4.68 Å². The zero-order valence-corrected chi connectivity index (χ0v) is 11.9. The van der Waals surface area contributed by atoms with Gasteiger partial charge in [-0.1, -0.05) is 18.5 Å². The zero-order chi connectivity index (χ0) is 13.1. The molecule has 1 aliphatic heterocycles. The van der Waals surface area contributed by atoms with Gasteiger partial charge in [-0.2, -0.15) is 5.10 Å². The monoisotopic (exact) mass is 271 g/mol. The molecular formula is C13H22ClN3O. The first-order valence-electron chi connectivity index (χ1n) is 6.65. The molecule has 0 spiro atoms. The van der Waals surface area contributed by atoms with E-state index in [0.29, 0.717) is 5.92 Å². The van der Waals surface area contributed by atoms with Crippen molar-refractivity contribution in [3.05, 3.63) is 16.4 Å². The van der Waals surface area contributed by atoms with Gasteiger partial charge in [0.15, 0.2) is 0 Å². The van der Waals surface area contributed by atoms with Crippen LogP contribution in [0.15, 0.2) is 0 Å². The van der Waals surface area contributed by atoms with E-state index in [4.69, 9.17) is 22.1 Å². The van der Waals surface area contributed by atoms with E-state index in [0.717, 1.165) is 55.3 Å². The van der Waals surface area contributed by atoms with Crippen molar-refractivity contribution in [1.29, 1.82) is 0 Å². The van der Waals surface area contributed by atoms with Gasteiger partial charge in [0.25, 0.3) is 0 Å². The standard InChI is InChI=1S/C13H22ClN3O/c1-3-11-13(14)12(17(2)16-11)7-10(15)6-9-4-5-18-8-9/h9-10H,3-8,15H2,1-2H3. The number of halogens is 1. The smallest absolute Gasteiger partial charge is 0.0850 e. The number of aryl methyl sites for hydroxylation is 2. The molecule has 1 saturated heterocycles. The summed E-state index contributed by atoms with van der Waals surface area (Å²) in [6.07, 6.45) is 3.78. The summed E-state index contributed by atoms with van der Waals surface area (Å²) in [4.78, 5) is 0. The molecule has 0 aromatic carbocycles. The fourth-order valence-electron chi connectivity index (χ4n) is 2.57.